The fraction of sp³-hybridized carbons (Fsp3) is 0.818. The van der Waals surface area contributed by atoms with E-state index in [2.05, 4.69) is 4.74 Å². The highest BCUT2D eigenvalue weighted by Gasteiger charge is 2.16. The number of esters is 1. The molecule has 0 radical (unpaired) electrons. The van der Waals surface area contributed by atoms with Gasteiger partial charge in [0.1, 0.15) is 0 Å². The molecular weight excluding hydrogens is 208 g/mol. The number of rotatable bonds is 7. The molecule has 0 bridgehead atoms. The van der Waals surface area contributed by atoms with Crippen molar-refractivity contribution in [2.45, 2.75) is 38.6 Å². The van der Waals surface area contributed by atoms with E-state index in [0.717, 1.165) is 6.42 Å². The highest BCUT2D eigenvalue weighted by molar-refractivity contribution is 5.81. The topological polar surface area (TPSA) is 72.6 Å². The summed E-state index contributed by atoms with van der Waals surface area (Å²) in [4.78, 5) is 24.1. The van der Waals surface area contributed by atoms with Crippen LogP contribution in [0.2, 0.25) is 0 Å². The molecular formula is C11H22N2O3. The van der Waals surface area contributed by atoms with Crippen LogP contribution in [0.15, 0.2) is 0 Å². The predicted molar refractivity (Wildman–Crippen MR) is 61.8 cm³/mol. The molecule has 0 spiro atoms. The number of nitrogens with two attached hydrogens (primary N) is 1. The number of amides is 1. The molecule has 0 heterocycles. The van der Waals surface area contributed by atoms with Gasteiger partial charge in [-0.25, -0.2) is 0 Å². The number of carbonyl (C=O) groups is 2. The van der Waals surface area contributed by atoms with Crippen LogP contribution in [-0.4, -0.2) is 43.5 Å². The Morgan fingerprint density at radius 1 is 1.44 bits per heavy atom. The smallest absolute Gasteiger partial charge is 0.305 e. The van der Waals surface area contributed by atoms with Crippen molar-refractivity contribution in [3.63, 3.8) is 0 Å². The van der Waals surface area contributed by atoms with Crippen LogP contribution >= 0.6 is 0 Å². The monoisotopic (exact) mass is 230 g/mol. The van der Waals surface area contributed by atoms with Crippen molar-refractivity contribution in [3.05, 3.63) is 0 Å². The van der Waals surface area contributed by atoms with Gasteiger partial charge in [-0.05, 0) is 12.8 Å². The van der Waals surface area contributed by atoms with E-state index < -0.39 is 6.04 Å². The van der Waals surface area contributed by atoms with Crippen LogP contribution in [0.4, 0.5) is 0 Å². The molecule has 0 fully saturated rings. The zero-order chi connectivity index (χ0) is 12.6. The highest BCUT2D eigenvalue weighted by Crippen LogP contribution is 2.01. The van der Waals surface area contributed by atoms with E-state index in [1.54, 1.807) is 11.9 Å². The summed E-state index contributed by atoms with van der Waals surface area (Å²) in [5, 5.41) is 0. The fourth-order valence-corrected chi connectivity index (χ4v) is 1.39. The molecule has 0 aromatic rings. The summed E-state index contributed by atoms with van der Waals surface area (Å²) in [5.41, 5.74) is 5.70. The molecule has 5 heteroatoms. The molecule has 1 atom stereocenters. The van der Waals surface area contributed by atoms with Gasteiger partial charge in [0.05, 0.1) is 13.2 Å². The number of likely N-dealkylation sites (N-methyl/N-ethyl adjacent to an activating group) is 1. The molecule has 16 heavy (non-hydrogen) atoms. The van der Waals surface area contributed by atoms with Gasteiger partial charge in [-0.1, -0.05) is 13.3 Å². The second-order valence-electron chi connectivity index (χ2n) is 3.83. The third-order valence-corrected chi connectivity index (χ3v) is 2.40. The van der Waals surface area contributed by atoms with Crippen LogP contribution in [-0.2, 0) is 14.3 Å². The van der Waals surface area contributed by atoms with E-state index >= 15 is 0 Å². The molecule has 0 saturated heterocycles. The standard InChI is InChI=1S/C11H22N2O3/c1-4-6-9(12)11(15)13(2)8-5-7-10(14)16-3/h9H,4-8,12H2,1-3H3/t9-/m1/s1. The van der Waals surface area contributed by atoms with Crippen molar-refractivity contribution in [2.24, 2.45) is 5.73 Å². The number of methoxy groups -OCH3 is 1. The van der Waals surface area contributed by atoms with Crippen LogP contribution in [0, 0.1) is 0 Å². The minimum atomic E-state index is -0.423. The molecule has 94 valence electrons. The lowest BCUT2D eigenvalue weighted by molar-refractivity contribution is -0.141. The Morgan fingerprint density at radius 3 is 2.56 bits per heavy atom. The van der Waals surface area contributed by atoms with Gasteiger partial charge < -0.3 is 15.4 Å². The SMILES string of the molecule is CCC[C@@H](N)C(=O)N(C)CCCC(=O)OC. The lowest BCUT2D eigenvalue weighted by atomic mass is 10.1. The summed E-state index contributed by atoms with van der Waals surface area (Å²) < 4.78 is 4.51. The van der Waals surface area contributed by atoms with Crippen molar-refractivity contribution < 1.29 is 14.3 Å². The van der Waals surface area contributed by atoms with Gasteiger partial charge in [0.25, 0.3) is 0 Å². The van der Waals surface area contributed by atoms with Crippen LogP contribution < -0.4 is 5.73 Å². The zero-order valence-electron chi connectivity index (χ0n) is 10.4. The Hall–Kier alpha value is -1.10. The largest absolute Gasteiger partial charge is 0.469 e. The molecule has 0 aliphatic heterocycles. The van der Waals surface area contributed by atoms with Crippen LogP contribution in [0.1, 0.15) is 32.6 Å². The molecule has 0 saturated carbocycles. The minimum absolute atomic E-state index is 0.0632. The fourth-order valence-electron chi connectivity index (χ4n) is 1.39. The average Bonchev–Trinajstić information content (AvgIpc) is 2.27. The molecule has 5 nitrogen and oxygen atoms in total. The van der Waals surface area contributed by atoms with Crippen LogP contribution in [0.25, 0.3) is 0 Å². The highest BCUT2D eigenvalue weighted by atomic mass is 16.5. The Bertz CT molecular complexity index is 231. The molecule has 0 unspecified atom stereocenters. The van der Waals surface area contributed by atoms with Crippen molar-refractivity contribution in [3.8, 4) is 0 Å². The molecule has 2 N–H and O–H groups in total. The quantitative estimate of drug-likeness (QED) is 0.647. The number of hydrogen-bond donors (Lipinski definition) is 1. The molecule has 0 aliphatic carbocycles. The van der Waals surface area contributed by atoms with Crippen LogP contribution in [0.3, 0.4) is 0 Å². The molecule has 0 rings (SSSR count). The second-order valence-corrected chi connectivity index (χ2v) is 3.83. The van der Waals surface area contributed by atoms with Gasteiger partial charge in [-0.2, -0.15) is 0 Å². The average molecular weight is 230 g/mol. The van der Waals surface area contributed by atoms with Gasteiger partial charge in [0.2, 0.25) is 5.91 Å². The summed E-state index contributed by atoms with van der Waals surface area (Å²) in [6.45, 7) is 2.52. The Morgan fingerprint density at radius 2 is 2.06 bits per heavy atom. The molecule has 1 amide bonds. The van der Waals surface area contributed by atoms with Gasteiger partial charge in [-0.15, -0.1) is 0 Å². The number of carbonyl (C=O) groups excluding carboxylic acids is 2. The summed E-state index contributed by atoms with van der Waals surface area (Å²) in [6.07, 6.45) is 2.52. The summed E-state index contributed by atoms with van der Waals surface area (Å²) in [5.74, 6) is -0.314. The number of nitrogens with zero attached hydrogens (tertiary/aromatic N) is 1. The van der Waals surface area contributed by atoms with E-state index in [1.165, 1.54) is 7.11 Å². The van der Waals surface area contributed by atoms with E-state index in [1.807, 2.05) is 6.92 Å². The van der Waals surface area contributed by atoms with Crippen molar-refractivity contribution in [1.82, 2.24) is 4.90 Å². The van der Waals surface area contributed by atoms with Gasteiger partial charge in [-0.3, -0.25) is 9.59 Å². The van der Waals surface area contributed by atoms with Crippen molar-refractivity contribution >= 4 is 11.9 Å². The summed E-state index contributed by atoms with van der Waals surface area (Å²) >= 11 is 0. The van der Waals surface area contributed by atoms with Crippen molar-refractivity contribution in [2.75, 3.05) is 20.7 Å². The lowest BCUT2D eigenvalue weighted by Crippen LogP contribution is -2.42. The third-order valence-electron chi connectivity index (χ3n) is 2.40. The van der Waals surface area contributed by atoms with E-state index in [9.17, 15) is 9.59 Å². The minimum Gasteiger partial charge on any atom is -0.469 e. The first kappa shape index (κ1) is 14.9. The van der Waals surface area contributed by atoms with Crippen molar-refractivity contribution in [1.29, 1.82) is 0 Å². The molecule has 0 aromatic carbocycles. The molecule has 0 aliphatic rings. The number of ether oxygens (including phenoxy) is 1. The number of hydrogen-bond acceptors (Lipinski definition) is 4. The zero-order valence-corrected chi connectivity index (χ0v) is 10.4. The second kappa shape index (κ2) is 8.10. The third kappa shape index (κ3) is 5.70. The Kier molecular flexibility index (Phi) is 7.54. The van der Waals surface area contributed by atoms with E-state index in [-0.39, 0.29) is 11.9 Å². The van der Waals surface area contributed by atoms with Gasteiger partial charge in [0.15, 0.2) is 0 Å². The first-order chi connectivity index (χ1) is 7.52. The summed E-state index contributed by atoms with van der Waals surface area (Å²) in [6, 6.07) is -0.423. The van der Waals surface area contributed by atoms with Gasteiger partial charge in [0, 0.05) is 20.0 Å². The maximum absolute atomic E-state index is 11.7. The first-order valence-electron chi connectivity index (χ1n) is 5.60. The van der Waals surface area contributed by atoms with E-state index in [4.69, 9.17) is 5.73 Å². The summed E-state index contributed by atoms with van der Waals surface area (Å²) in [7, 11) is 3.06. The predicted octanol–water partition coefficient (Wildman–Crippen LogP) is 0.525. The van der Waals surface area contributed by atoms with Crippen LogP contribution in [0.5, 0.6) is 0 Å². The first-order valence-corrected chi connectivity index (χ1v) is 5.60. The Labute approximate surface area is 96.9 Å². The maximum atomic E-state index is 11.7. The van der Waals surface area contributed by atoms with E-state index in [0.29, 0.717) is 25.8 Å². The Balaban J connectivity index is 3.83. The lowest BCUT2D eigenvalue weighted by Gasteiger charge is -2.20. The van der Waals surface area contributed by atoms with Gasteiger partial charge >= 0.3 is 5.97 Å². The maximum Gasteiger partial charge on any atom is 0.305 e. The molecule has 0 aromatic heterocycles. The normalized spacial score (nSPS) is 12.0.